The summed E-state index contributed by atoms with van der Waals surface area (Å²) in [7, 11) is 0. The Labute approximate surface area is 110 Å². The molecule has 2 rings (SSSR count). The van der Waals surface area contributed by atoms with E-state index in [0.29, 0.717) is 11.0 Å². The Hall–Kier alpha value is -1.68. The molecule has 1 N–H and O–H groups in total. The first-order chi connectivity index (χ1) is 8.63. The van der Waals surface area contributed by atoms with Crippen LogP contribution in [0.2, 0.25) is 5.15 Å². The molecule has 1 atom stereocenters. The number of anilines is 1. The summed E-state index contributed by atoms with van der Waals surface area (Å²) in [6, 6.07) is 6.62. The predicted molar refractivity (Wildman–Crippen MR) is 70.2 cm³/mol. The van der Waals surface area contributed by atoms with Gasteiger partial charge in [0.25, 0.3) is 0 Å². The van der Waals surface area contributed by atoms with Gasteiger partial charge in [-0.05, 0) is 31.0 Å². The molecule has 1 heterocycles. The quantitative estimate of drug-likeness (QED) is 0.922. The smallest absolute Gasteiger partial charge is 0.149 e. The number of hydrogen-bond acceptors (Lipinski definition) is 3. The molecule has 0 fully saturated rings. The summed E-state index contributed by atoms with van der Waals surface area (Å²) in [6.45, 7) is 2.02. The van der Waals surface area contributed by atoms with Crippen molar-refractivity contribution in [3.05, 3.63) is 53.2 Å². The Morgan fingerprint density at radius 1 is 1.28 bits per heavy atom. The highest BCUT2D eigenvalue weighted by atomic mass is 35.5. The molecule has 0 saturated heterocycles. The zero-order chi connectivity index (χ0) is 13.0. The molecular weight excluding hydrogens is 253 g/mol. The van der Waals surface area contributed by atoms with Gasteiger partial charge in [-0.1, -0.05) is 23.7 Å². The third kappa shape index (κ3) is 3.67. The van der Waals surface area contributed by atoms with Crippen molar-refractivity contribution in [3.63, 3.8) is 0 Å². The van der Waals surface area contributed by atoms with Gasteiger partial charge in [0.2, 0.25) is 0 Å². The van der Waals surface area contributed by atoms with Gasteiger partial charge in [0.05, 0.1) is 12.4 Å². The molecule has 1 unspecified atom stereocenters. The molecule has 2 aromatic rings. The van der Waals surface area contributed by atoms with Crippen LogP contribution in [0.5, 0.6) is 0 Å². The van der Waals surface area contributed by atoms with Gasteiger partial charge in [-0.3, -0.25) is 4.98 Å². The van der Waals surface area contributed by atoms with E-state index < -0.39 is 0 Å². The summed E-state index contributed by atoms with van der Waals surface area (Å²) in [4.78, 5) is 8.05. The number of nitrogens with one attached hydrogen (secondary N) is 1. The zero-order valence-corrected chi connectivity index (χ0v) is 10.7. The van der Waals surface area contributed by atoms with E-state index in [0.717, 1.165) is 12.0 Å². The van der Waals surface area contributed by atoms with Crippen LogP contribution in [0.3, 0.4) is 0 Å². The second kappa shape index (κ2) is 5.78. The Kier molecular flexibility index (Phi) is 4.10. The maximum Gasteiger partial charge on any atom is 0.149 e. The molecule has 0 spiro atoms. The lowest BCUT2D eigenvalue weighted by Crippen LogP contribution is -2.19. The summed E-state index contributed by atoms with van der Waals surface area (Å²) < 4.78 is 12.8. The van der Waals surface area contributed by atoms with Gasteiger partial charge in [-0.2, -0.15) is 0 Å². The van der Waals surface area contributed by atoms with Crippen molar-refractivity contribution in [1.29, 1.82) is 0 Å². The number of benzene rings is 1. The van der Waals surface area contributed by atoms with Gasteiger partial charge < -0.3 is 5.32 Å². The van der Waals surface area contributed by atoms with Crippen LogP contribution in [-0.4, -0.2) is 16.0 Å². The molecule has 1 aromatic heterocycles. The highest BCUT2D eigenvalue weighted by Crippen LogP contribution is 2.11. The van der Waals surface area contributed by atoms with Gasteiger partial charge >= 0.3 is 0 Å². The molecule has 0 radical (unpaired) electrons. The third-order valence-electron chi connectivity index (χ3n) is 2.45. The van der Waals surface area contributed by atoms with Gasteiger partial charge in [0.1, 0.15) is 16.8 Å². The Balaban J connectivity index is 1.96. The van der Waals surface area contributed by atoms with Gasteiger partial charge in [0.15, 0.2) is 0 Å². The first-order valence-electron chi connectivity index (χ1n) is 5.62. The second-order valence-electron chi connectivity index (χ2n) is 4.10. The van der Waals surface area contributed by atoms with Crippen molar-refractivity contribution >= 4 is 17.4 Å². The van der Waals surface area contributed by atoms with Crippen LogP contribution in [0, 0.1) is 5.82 Å². The fourth-order valence-corrected chi connectivity index (χ4v) is 1.84. The number of hydrogen-bond donors (Lipinski definition) is 1. The lowest BCUT2D eigenvalue weighted by molar-refractivity contribution is 0.626. The summed E-state index contributed by atoms with van der Waals surface area (Å²) in [5.41, 5.74) is 1.06. The minimum Gasteiger partial charge on any atom is -0.366 e. The summed E-state index contributed by atoms with van der Waals surface area (Å²) >= 11 is 5.75. The maximum atomic E-state index is 12.8. The summed E-state index contributed by atoms with van der Waals surface area (Å²) in [5, 5.41) is 3.55. The van der Waals surface area contributed by atoms with Crippen molar-refractivity contribution in [2.45, 2.75) is 19.4 Å². The monoisotopic (exact) mass is 265 g/mol. The number of rotatable bonds is 4. The average molecular weight is 266 g/mol. The van der Waals surface area contributed by atoms with Crippen molar-refractivity contribution < 1.29 is 4.39 Å². The van der Waals surface area contributed by atoms with Gasteiger partial charge in [-0.15, -0.1) is 0 Å². The molecule has 0 aliphatic heterocycles. The SMILES string of the molecule is CC(Cc1ccc(F)cc1)Nc1cncc(Cl)n1. The van der Waals surface area contributed by atoms with Crippen molar-refractivity contribution in [2.24, 2.45) is 0 Å². The van der Waals surface area contributed by atoms with Crippen LogP contribution in [0.4, 0.5) is 10.2 Å². The fourth-order valence-electron chi connectivity index (χ4n) is 1.69. The summed E-state index contributed by atoms with van der Waals surface area (Å²) in [5.74, 6) is 0.414. The van der Waals surface area contributed by atoms with E-state index in [1.165, 1.54) is 18.3 Å². The minimum absolute atomic E-state index is 0.156. The number of halogens is 2. The molecule has 1 aromatic carbocycles. The van der Waals surface area contributed by atoms with Crippen molar-refractivity contribution in [3.8, 4) is 0 Å². The molecule has 0 aliphatic rings. The molecule has 0 aliphatic carbocycles. The maximum absolute atomic E-state index is 12.8. The van der Waals surface area contributed by atoms with E-state index >= 15 is 0 Å². The third-order valence-corrected chi connectivity index (χ3v) is 2.64. The van der Waals surface area contributed by atoms with E-state index in [4.69, 9.17) is 11.6 Å². The fraction of sp³-hybridized carbons (Fsp3) is 0.231. The lowest BCUT2D eigenvalue weighted by Gasteiger charge is -2.14. The van der Waals surface area contributed by atoms with Crippen LogP contribution in [0.1, 0.15) is 12.5 Å². The van der Waals surface area contributed by atoms with Crippen LogP contribution in [-0.2, 0) is 6.42 Å². The number of aromatic nitrogens is 2. The standard InChI is InChI=1S/C13H13ClFN3/c1-9(6-10-2-4-11(15)5-3-10)17-13-8-16-7-12(14)18-13/h2-5,7-9H,6H2,1H3,(H,17,18). The van der Waals surface area contributed by atoms with E-state index in [1.807, 2.05) is 6.92 Å². The first kappa shape index (κ1) is 12.8. The van der Waals surface area contributed by atoms with Crippen molar-refractivity contribution in [1.82, 2.24) is 9.97 Å². The molecule has 18 heavy (non-hydrogen) atoms. The highest BCUT2D eigenvalue weighted by molar-refractivity contribution is 6.29. The van der Waals surface area contributed by atoms with Gasteiger partial charge in [0, 0.05) is 6.04 Å². The molecule has 94 valence electrons. The van der Waals surface area contributed by atoms with E-state index in [2.05, 4.69) is 15.3 Å². The number of nitrogens with zero attached hydrogens (tertiary/aromatic N) is 2. The predicted octanol–water partition coefficient (Wildman–Crippen LogP) is 3.31. The molecule has 0 saturated carbocycles. The lowest BCUT2D eigenvalue weighted by atomic mass is 10.1. The molecular formula is C13H13ClFN3. The molecule has 3 nitrogen and oxygen atoms in total. The topological polar surface area (TPSA) is 37.8 Å². The molecule has 5 heteroatoms. The Morgan fingerprint density at radius 3 is 2.67 bits per heavy atom. The molecule has 0 amide bonds. The molecule has 0 bridgehead atoms. The summed E-state index contributed by atoms with van der Waals surface area (Å²) in [6.07, 6.45) is 3.87. The Bertz CT molecular complexity index is 516. The van der Waals surface area contributed by atoms with Crippen LogP contribution in [0.25, 0.3) is 0 Å². The van der Waals surface area contributed by atoms with E-state index in [-0.39, 0.29) is 11.9 Å². The largest absolute Gasteiger partial charge is 0.366 e. The van der Waals surface area contributed by atoms with Gasteiger partial charge in [-0.25, -0.2) is 9.37 Å². The first-order valence-corrected chi connectivity index (χ1v) is 6.00. The Morgan fingerprint density at radius 2 is 2.00 bits per heavy atom. The minimum atomic E-state index is -0.222. The van der Waals surface area contributed by atoms with Crippen LogP contribution in [0.15, 0.2) is 36.7 Å². The highest BCUT2D eigenvalue weighted by Gasteiger charge is 2.05. The average Bonchev–Trinajstić information content (AvgIpc) is 2.32. The normalized spacial score (nSPS) is 12.2. The second-order valence-corrected chi connectivity index (χ2v) is 4.49. The van der Waals surface area contributed by atoms with Crippen LogP contribution < -0.4 is 5.32 Å². The van der Waals surface area contributed by atoms with Crippen molar-refractivity contribution in [2.75, 3.05) is 5.32 Å². The zero-order valence-electron chi connectivity index (χ0n) is 9.90. The van der Waals surface area contributed by atoms with Crippen LogP contribution >= 0.6 is 11.6 Å². The van der Waals surface area contributed by atoms with E-state index in [9.17, 15) is 4.39 Å². The van der Waals surface area contributed by atoms with E-state index in [1.54, 1.807) is 18.3 Å².